The van der Waals surface area contributed by atoms with Crippen LogP contribution >= 0.6 is 11.3 Å². The van der Waals surface area contributed by atoms with Crippen molar-refractivity contribution >= 4 is 64.6 Å². The van der Waals surface area contributed by atoms with Gasteiger partial charge < -0.3 is 19.1 Å². The van der Waals surface area contributed by atoms with Crippen molar-refractivity contribution in [2.45, 2.75) is 102 Å². The highest BCUT2D eigenvalue weighted by atomic mass is 32.2. The Kier molecular flexibility index (Phi) is 9.98. The number of halogens is 5. The van der Waals surface area contributed by atoms with Gasteiger partial charge in [-0.1, -0.05) is 0 Å². The van der Waals surface area contributed by atoms with Crippen molar-refractivity contribution in [1.29, 1.82) is 0 Å². The van der Waals surface area contributed by atoms with Gasteiger partial charge in [0.15, 0.2) is 6.23 Å². The lowest BCUT2D eigenvalue weighted by Crippen LogP contribution is -2.57. The van der Waals surface area contributed by atoms with E-state index in [4.69, 9.17) is 23.4 Å². The van der Waals surface area contributed by atoms with Gasteiger partial charge in [-0.25, -0.2) is 18.3 Å². The molecule has 1 saturated carbocycles. The van der Waals surface area contributed by atoms with E-state index >= 15 is 13.2 Å². The van der Waals surface area contributed by atoms with Crippen molar-refractivity contribution in [3.05, 3.63) is 35.7 Å². The summed E-state index contributed by atoms with van der Waals surface area (Å²) < 4.78 is 123. The number of thiophene rings is 1. The fourth-order valence-electron chi connectivity index (χ4n) is 8.96. The summed E-state index contributed by atoms with van der Waals surface area (Å²) in [4.78, 5) is 31.4. The van der Waals surface area contributed by atoms with Crippen LogP contribution < -0.4 is 9.64 Å². The minimum absolute atomic E-state index is 0.0207. The second-order valence-electron chi connectivity index (χ2n) is 17.5. The highest BCUT2D eigenvalue weighted by molar-refractivity contribution is 7.86. The molecule has 4 fully saturated rings. The molecule has 2 bridgehead atoms. The van der Waals surface area contributed by atoms with Crippen LogP contribution in [0.4, 0.5) is 32.6 Å². The Hall–Kier alpha value is -4.47. The van der Waals surface area contributed by atoms with Crippen LogP contribution in [0.5, 0.6) is 6.01 Å². The van der Waals surface area contributed by atoms with E-state index < -0.39 is 70.8 Å². The number of pyridine rings is 1. The highest BCUT2D eigenvalue weighted by Gasteiger charge is 2.72. The molecular formula is C40H44F5N7O7S2. The summed E-state index contributed by atoms with van der Waals surface area (Å²) in [7, 11) is -4.05. The number of aryl methyl sites for hydroxylation is 1. The number of aromatic nitrogens is 5. The summed E-state index contributed by atoms with van der Waals surface area (Å²) in [6, 6.07) is 2.32. The Morgan fingerprint density at radius 1 is 1.05 bits per heavy atom. The quantitative estimate of drug-likeness (QED) is 0.104. The van der Waals surface area contributed by atoms with Crippen molar-refractivity contribution in [3.8, 4) is 17.3 Å². The summed E-state index contributed by atoms with van der Waals surface area (Å²) in [6.45, 7) is 6.39. The lowest BCUT2D eigenvalue weighted by atomic mass is 9.94. The number of hydrogen-bond donors (Lipinski definition) is 0. The molecule has 3 saturated heterocycles. The van der Waals surface area contributed by atoms with E-state index in [1.54, 1.807) is 36.4 Å². The Labute approximate surface area is 351 Å². The number of amides is 1. The van der Waals surface area contributed by atoms with Gasteiger partial charge in [0.25, 0.3) is 16.0 Å². The van der Waals surface area contributed by atoms with Crippen molar-refractivity contribution in [3.63, 3.8) is 0 Å². The number of carbonyl (C=O) groups is 1. The Balaban J connectivity index is 1.19. The number of ether oxygens (including phenoxy) is 3. The van der Waals surface area contributed by atoms with E-state index in [0.29, 0.717) is 70.6 Å². The largest absolute Gasteiger partial charge is 0.462 e. The van der Waals surface area contributed by atoms with Gasteiger partial charge in [-0.2, -0.15) is 36.7 Å². The fourth-order valence-corrected chi connectivity index (χ4v) is 10.5. The molecule has 3 unspecified atom stereocenters. The van der Waals surface area contributed by atoms with Crippen molar-refractivity contribution in [2.24, 2.45) is 5.41 Å². The molecule has 0 N–H and O–H groups in total. The molecule has 14 nitrogen and oxygen atoms in total. The smallest absolute Gasteiger partial charge is 0.417 e. The number of piperazine rings is 1. The first kappa shape index (κ1) is 41.9. The summed E-state index contributed by atoms with van der Waals surface area (Å²) in [6.07, 6.45) is 1.03. The van der Waals surface area contributed by atoms with Gasteiger partial charge in [0, 0.05) is 48.6 Å². The average molecular weight is 894 g/mol. The Morgan fingerprint density at radius 2 is 1.77 bits per heavy atom. The summed E-state index contributed by atoms with van der Waals surface area (Å²) in [5.74, 6) is -2.95. The second kappa shape index (κ2) is 14.5. The average Bonchev–Trinajstić information content (AvgIpc) is 3.52. The number of rotatable bonds is 9. The van der Waals surface area contributed by atoms with Gasteiger partial charge >= 0.3 is 18.3 Å². The zero-order chi connectivity index (χ0) is 43.4. The van der Waals surface area contributed by atoms with Crippen molar-refractivity contribution in [1.82, 2.24) is 29.6 Å². The molecule has 4 aromatic heterocycles. The van der Waals surface area contributed by atoms with E-state index in [0.717, 1.165) is 30.4 Å². The molecular weight excluding hydrogens is 850 g/mol. The normalized spacial score (nSPS) is 24.3. The number of nitrogens with zero attached hydrogens (tertiary/aromatic N) is 7. The maximum Gasteiger partial charge on any atom is 0.417 e. The molecule has 1 aliphatic carbocycles. The van der Waals surface area contributed by atoms with Crippen LogP contribution in [0, 0.1) is 12.3 Å². The van der Waals surface area contributed by atoms with E-state index in [1.807, 2.05) is 4.90 Å². The third-order valence-corrected chi connectivity index (χ3v) is 13.5. The topological polar surface area (TPSA) is 151 Å². The minimum Gasteiger partial charge on any atom is -0.462 e. The number of carbonyl (C=O) groups excluding carboxylic acids is 1. The number of hydrogen-bond acceptors (Lipinski definition) is 13. The van der Waals surface area contributed by atoms with Crippen LogP contribution in [0.15, 0.2) is 24.5 Å². The molecule has 1 aromatic carbocycles. The summed E-state index contributed by atoms with van der Waals surface area (Å²) >= 11 is 1.06. The molecule has 1 amide bonds. The van der Waals surface area contributed by atoms with Crippen LogP contribution in [-0.4, -0.2) is 107 Å². The predicted molar refractivity (Wildman–Crippen MR) is 215 cm³/mol. The summed E-state index contributed by atoms with van der Waals surface area (Å²) in [5, 5.41) is 5.77. The van der Waals surface area contributed by atoms with E-state index in [2.05, 4.69) is 15.1 Å². The highest BCUT2D eigenvalue weighted by Crippen LogP contribution is 2.61. The molecule has 4 aliphatic rings. The zero-order valence-electron chi connectivity index (χ0n) is 34.0. The first-order chi connectivity index (χ1) is 28.6. The van der Waals surface area contributed by atoms with Gasteiger partial charge in [0.2, 0.25) is 0 Å². The minimum atomic E-state index is -4.78. The standard InChI is InChI=1S/C40H44F5N7O7S2/c1-21-14-26-25(15-47-52(26)27-8-6-7-13-56-27)28(30(21)40(43,44)45)31-32-24(11-12-46-31)29-33(50-16-22-9-10-23(17-50)51(22)36(53)59-37(2,3)4)48-35(49-34(29)60-32)57-19-38(18-39(38,41)42)20-58-61(5,54)55/h11-12,14-15,22-23,27H,6-10,13,16-20H2,1-5H3/t22?,23?,27?,38-/m0/s1. The lowest BCUT2D eigenvalue weighted by molar-refractivity contribution is -0.137. The van der Waals surface area contributed by atoms with Crippen molar-refractivity contribution < 1.29 is 53.6 Å². The third-order valence-electron chi connectivity index (χ3n) is 11.9. The SMILES string of the molecule is Cc1cc2c(cnn2C2CCCCO2)c(-c2nccc3c2sc2nc(OC[C@]4(COS(C)(=O)=O)CC4(F)F)nc(N4CC5CCC(C4)N5C(=O)OC(C)(C)C)c23)c1C(F)(F)F. The zero-order valence-corrected chi connectivity index (χ0v) is 35.6. The second-order valence-corrected chi connectivity index (χ2v) is 20.2. The Bertz CT molecular complexity index is 2670. The van der Waals surface area contributed by atoms with Gasteiger partial charge in [0.05, 0.1) is 63.4 Å². The van der Waals surface area contributed by atoms with Crippen LogP contribution in [0.3, 0.4) is 0 Å². The third kappa shape index (κ3) is 7.62. The van der Waals surface area contributed by atoms with E-state index in [1.165, 1.54) is 25.4 Å². The van der Waals surface area contributed by atoms with Crippen LogP contribution in [0.2, 0.25) is 0 Å². The van der Waals surface area contributed by atoms with Crippen molar-refractivity contribution in [2.75, 3.05) is 44.1 Å². The van der Waals surface area contributed by atoms with E-state index in [9.17, 15) is 22.0 Å². The molecule has 3 aliphatic heterocycles. The van der Waals surface area contributed by atoms with Gasteiger partial charge in [-0.05, 0) is 77.5 Å². The molecule has 9 rings (SSSR count). The molecule has 61 heavy (non-hydrogen) atoms. The maximum atomic E-state index is 15.2. The number of anilines is 1. The Morgan fingerprint density at radius 3 is 2.39 bits per heavy atom. The van der Waals surface area contributed by atoms with Crippen LogP contribution in [0.25, 0.3) is 42.5 Å². The maximum absolute atomic E-state index is 15.2. The molecule has 0 radical (unpaired) electrons. The van der Waals surface area contributed by atoms with Gasteiger partial charge in [0.1, 0.15) is 22.9 Å². The molecule has 328 valence electrons. The number of benzene rings is 1. The van der Waals surface area contributed by atoms with Gasteiger partial charge in [-0.15, -0.1) is 11.3 Å². The van der Waals surface area contributed by atoms with Crippen LogP contribution in [0.1, 0.15) is 76.7 Å². The van der Waals surface area contributed by atoms with Crippen LogP contribution in [-0.2, 0) is 30.0 Å². The first-order valence-electron chi connectivity index (χ1n) is 20.0. The molecule has 0 spiro atoms. The lowest BCUT2D eigenvalue weighted by Gasteiger charge is -2.42. The summed E-state index contributed by atoms with van der Waals surface area (Å²) in [5.41, 5.74) is -3.20. The fraction of sp³-hybridized carbons (Fsp3) is 0.575. The van der Waals surface area contributed by atoms with Gasteiger partial charge in [-0.3, -0.25) is 14.1 Å². The number of alkyl halides is 5. The molecule has 5 aromatic rings. The first-order valence-corrected chi connectivity index (χ1v) is 22.7. The van der Waals surface area contributed by atoms with E-state index in [-0.39, 0.29) is 40.3 Å². The monoisotopic (exact) mass is 893 g/mol. The molecule has 21 heteroatoms. The number of fused-ring (bicyclic) bond motifs is 6. The molecule has 4 atom stereocenters. The predicted octanol–water partition coefficient (Wildman–Crippen LogP) is 8.25. The molecule has 7 heterocycles.